The Hall–Kier alpha value is -2.04. The van der Waals surface area contributed by atoms with Crippen LogP contribution in [0.15, 0.2) is 24.3 Å². The normalized spacial score (nSPS) is 15.8. The van der Waals surface area contributed by atoms with Crippen molar-refractivity contribution in [3.05, 3.63) is 24.3 Å². The first-order valence-corrected chi connectivity index (χ1v) is 5.49. The van der Waals surface area contributed by atoms with Crippen LogP contribution < -0.4 is 15.1 Å². The molecule has 0 aromatic heterocycles. The number of nitrogens with one attached hydrogen (secondary N) is 1. The number of fused-ring (bicyclic) bond motifs is 1. The summed E-state index contributed by atoms with van der Waals surface area (Å²) in [7, 11) is 1.64. The van der Waals surface area contributed by atoms with E-state index in [1.54, 1.807) is 11.9 Å². The molecule has 0 saturated carbocycles. The van der Waals surface area contributed by atoms with Gasteiger partial charge in [0.25, 0.3) is 0 Å². The van der Waals surface area contributed by atoms with Gasteiger partial charge in [0.2, 0.25) is 0 Å². The van der Waals surface area contributed by atoms with Crippen LogP contribution in [0.2, 0.25) is 0 Å². The molecule has 1 aliphatic heterocycles. The van der Waals surface area contributed by atoms with Crippen molar-refractivity contribution >= 4 is 23.4 Å². The van der Waals surface area contributed by atoms with Gasteiger partial charge in [-0.3, -0.25) is 15.1 Å². The van der Waals surface area contributed by atoms with Crippen molar-refractivity contribution in [2.75, 3.05) is 16.8 Å². The van der Waals surface area contributed by atoms with Gasteiger partial charge >= 0.3 is 12.1 Å². The molecule has 1 aliphatic rings. The lowest BCUT2D eigenvalue weighted by Gasteiger charge is -2.26. The second-order valence-electron chi connectivity index (χ2n) is 4.25. The van der Waals surface area contributed by atoms with Crippen LogP contribution >= 0.6 is 0 Å². The first-order valence-electron chi connectivity index (χ1n) is 5.49. The number of anilines is 2. The molecule has 1 N–H and O–H groups in total. The fourth-order valence-corrected chi connectivity index (χ4v) is 1.92. The highest BCUT2D eigenvalue weighted by Crippen LogP contribution is 2.31. The van der Waals surface area contributed by atoms with Crippen molar-refractivity contribution in [2.45, 2.75) is 19.9 Å². The quantitative estimate of drug-likeness (QED) is 0.808. The summed E-state index contributed by atoms with van der Waals surface area (Å²) in [6, 6.07) is 6.54. The Morgan fingerprint density at radius 2 is 1.65 bits per heavy atom. The molecule has 5 nitrogen and oxygen atoms in total. The maximum absolute atomic E-state index is 11.9. The summed E-state index contributed by atoms with van der Waals surface area (Å²) >= 11 is 0. The van der Waals surface area contributed by atoms with Crippen molar-refractivity contribution < 1.29 is 9.59 Å². The standard InChI is InChI=1S/C12H15N3O2/c1-8(2)15-10-7-5-4-6-9(10)14(3)11(16)13-12(15)17/h4-8H,1-3H3,(H,13,16,17). The average Bonchev–Trinajstić information content (AvgIpc) is 2.36. The number of urea groups is 2. The molecular formula is C12H15N3O2. The molecule has 0 fully saturated rings. The second kappa shape index (κ2) is 4.08. The largest absolute Gasteiger partial charge is 0.330 e. The Balaban J connectivity index is 2.60. The lowest BCUT2D eigenvalue weighted by molar-refractivity contribution is 0.234. The highest BCUT2D eigenvalue weighted by atomic mass is 16.2. The minimum atomic E-state index is -0.411. The monoisotopic (exact) mass is 233 g/mol. The number of rotatable bonds is 1. The van der Waals surface area contributed by atoms with Crippen LogP contribution in [0.1, 0.15) is 13.8 Å². The molecule has 1 aromatic carbocycles. The Kier molecular flexibility index (Phi) is 2.75. The number of benzene rings is 1. The van der Waals surface area contributed by atoms with Gasteiger partial charge in [-0.1, -0.05) is 12.1 Å². The Bertz CT molecular complexity index is 471. The lowest BCUT2D eigenvalue weighted by Crippen LogP contribution is -2.46. The highest BCUT2D eigenvalue weighted by Gasteiger charge is 2.30. The van der Waals surface area contributed by atoms with E-state index in [0.29, 0.717) is 0 Å². The van der Waals surface area contributed by atoms with Gasteiger partial charge < -0.3 is 0 Å². The molecule has 0 bridgehead atoms. The smallest absolute Gasteiger partial charge is 0.295 e. The second-order valence-corrected chi connectivity index (χ2v) is 4.25. The minimum absolute atomic E-state index is 0.0181. The van der Waals surface area contributed by atoms with E-state index in [1.807, 2.05) is 38.1 Å². The van der Waals surface area contributed by atoms with Gasteiger partial charge in [-0.2, -0.15) is 0 Å². The van der Waals surface area contributed by atoms with Gasteiger partial charge in [-0.15, -0.1) is 0 Å². The molecule has 1 heterocycles. The fourth-order valence-electron chi connectivity index (χ4n) is 1.92. The number of imide groups is 1. The van der Waals surface area contributed by atoms with Crippen molar-refractivity contribution in [3.63, 3.8) is 0 Å². The average molecular weight is 233 g/mol. The molecule has 4 amide bonds. The zero-order valence-electron chi connectivity index (χ0n) is 10.1. The molecule has 5 heteroatoms. The zero-order valence-corrected chi connectivity index (χ0v) is 10.1. The third kappa shape index (κ3) is 1.84. The van der Waals surface area contributed by atoms with Crippen LogP contribution in [0, 0.1) is 0 Å². The number of carbonyl (C=O) groups is 2. The fraction of sp³-hybridized carbons (Fsp3) is 0.333. The third-order valence-electron chi connectivity index (χ3n) is 2.76. The van der Waals surface area contributed by atoms with Gasteiger partial charge in [0.15, 0.2) is 0 Å². The van der Waals surface area contributed by atoms with Crippen LogP contribution in [0.4, 0.5) is 21.0 Å². The van der Waals surface area contributed by atoms with Crippen molar-refractivity contribution in [2.24, 2.45) is 0 Å². The maximum atomic E-state index is 11.9. The lowest BCUT2D eigenvalue weighted by atomic mass is 10.2. The van der Waals surface area contributed by atoms with Crippen LogP contribution in [0.3, 0.4) is 0 Å². The Morgan fingerprint density at radius 3 is 2.24 bits per heavy atom. The molecule has 1 aromatic rings. The number of para-hydroxylation sites is 2. The minimum Gasteiger partial charge on any atom is -0.295 e. The zero-order chi connectivity index (χ0) is 12.6. The third-order valence-corrected chi connectivity index (χ3v) is 2.76. The summed E-state index contributed by atoms with van der Waals surface area (Å²) in [6.45, 7) is 3.82. The number of carbonyl (C=O) groups excluding carboxylic acids is 2. The summed E-state index contributed by atoms with van der Waals surface area (Å²) in [5.74, 6) is 0. The van der Waals surface area contributed by atoms with Crippen molar-refractivity contribution in [3.8, 4) is 0 Å². The van der Waals surface area contributed by atoms with E-state index in [-0.39, 0.29) is 12.1 Å². The SMILES string of the molecule is CC(C)N1C(=O)NC(=O)N(C)c2ccccc21. The van der Waals surface area contributed by atoms with E-state index in [4.69, 9.17) is 0 Å². The topological polar surface area (TPSA) is 52.7 Å². The summed E-state index contributed by atoms with van der Waals surface area (Å²) < 4.78 is 0. The molecule has 2 rings (SSSR count). The van der Waals surface area contributed by atoms with E-state index in [1.165, 1.54) is 4.90 Å². The molecule has 0 aliphatic carbocycles. The predicted octanol–water partition coefficient (Wildman–Crippen LogP) is 2.18. The molecule has 0 atom stereocenters. The molecule has 90 valence electrons. The first kappa shape index (κ1) is 11.4. The van der Waals surface area contributed by atoms with E-state index >= 15 is 0 Å². The number of hydrogen-bond donors (Lipinski definition) is 1. The van der Waals surface area contributed by atoms with Crippen molar-refractivity contribution in [1.82, 2.24) is 5.32 Å². The van der Waals surface area contributed by atoms with Crippen LogP contribution in [0.5, 0.6) is 0 Å². The number of nitrogens with zero attached hydrogens (tertiary/aromatic N) is 2. The van der Waals surface area contributed by atoms with Crippen molar-refractivity contribution in [1.29, 1.82) is 0 Å². The van der Waals surface area contributed by atoms with Gasteiger partial charge in [-0.25, -0.2) is 9.59 Å². The van der Waals surface area contributed by atoms with E-state index in [0.717, 1.165) is 11.4 Å². The predicted molar refractivity (Wildman–Crippen MR) is 66.4 cm³/mol. The maximum Gasteiger partial charge on any atom is 0.330 e. The van der Waals surface area contributed by atoms with Gasteiger partial charge in [-0.05, 0) is 26.0 Å². The summed E-state index contributed by atoms with van der Waals surface area (Å²) in [5, 5.41) is 2.34. The highest BCUT2D eigenvalue weighted by molar-refractivity contribution is 6.13. The Morgan fingerprint density at radius 1 is 1.06 bits per heavy atom. The molecule has 17 heavy (non-hydrogen) atoms. The van der Waals surface area contributed by atoms with Crippen LogP contribution in [-0.2, 0) is 0 Å². The Labute approximate surface area is 100 Å². The van der Waals surface area contributed by atoms with E-state index in [9.17, 15) is 9.59 Å². The summed E-state index contributed by atoms with van der Waals surface area (Å²) in [4.78, 5) is 26.7. The molecule has 0 radical (unpaired) electrons. The summed E-state index contributed by atoms with van der Waals surface area (Å²) in [6.07, 6.45) is 0. The van der Waals surface area contributed by atoms with E-state index in [2.05, 4.69) is 5.32 Å². The molecular weight excluding hydrogens is 218 g/mol. The molecule has 0 unspecified atom stereocenters. The number of hydrogen-bond acceptors (Lipinski definition) is 2. The van der Waals surface area contributed by atoms with Crippen LogP contribution in [0.25, 0.3) is 0 Å². The van der Waals surface area contributed by atoms with Crippen LogP contribution in [-0.4, -0.2) is 25.2 Å². The number of amides is 4. The molecule has 0 spiro atoms. The van der Waals surface area contributed by atoms with Gasteiger partial charge in [0.1, 0.15) is 0 Å². The van der Waals surface area contributed by atoms with Gasteiger partial charge in [0.05, 0.1) is 11.4 Å². The summed E-state index contributed by atoms with van der Waals surface area (Å²) in [5.41, 5.74) is 1.47. The first-order chi connectivity index (χ1) is 8.02. The van der Waals surface area contributed by atoms with E-state index < -0.39 is 6.03 Å². The molecule has 0 saturated heterocycles. The van der Waals surface area contributed by atoms with Gasteiger partial charge in [0, 0.05) is 13.1 Å².